The Morgan fingerprint density at radius 2 is 2.21 bits per heavy atom. The van der Waals surface area contributed by atoms with E-state index in [0.29, 0.717) is 12.6 Å². The van der Waals surface area contributed by atoms with Gasteiger partial charge in [0, 0.05) is 25.7 Å². The Morgan fingerprint density at radius 1 is 1.57 bits per heavy atom. The molecule has 0 spiro atoms. The van der Waals surface area contributed by atoms with E-state index < -0.39 is 0 Å². The van der Waals surface area contributed by atoms with Crippen LogP contribution in [0.2, 0.25) is 0 Å². The highest BCUT2D eigenvalue weighted by molar-refractivity contribution is 5.80. The van der Waals surface area contributed by atoms with Crippen molar-refractivity contribution >= 4 is 5.91 Å². The van der Waals surface area contributed by atoms with Gasteiger partial charge in [-0.25, -0.2) is 0 Å². The highest BCUT2D eigenvalue weighted by Gasteiger charge is 2.30. The van der Waals surface area contributed by atoms with Crippen molar-refractivity contribution in [2.24, 2.45) is 5.73 Å². The molecule has 3 N–H and O–H groups in total. The number of carbonyl (C=O) groups excluding carboxylic acids is 1. The van der Waals surface area contributed by atoms with E-state index in [1.165, 1.54) is 0 Å². The van der Waals surface area contributed by atoms with Gasteiger partial charge in [0.2, 0.25) is 5.91 Å². The number of amides is 1. The smallest absolute Gasteiger partial charge is 0.236 e. The third kappa shape index (κ3) is 2.45. The maximum Gasteiger partial charge on any atom is 0.236 e. The molecule has 1 aliphatic rings. The molecule has 0 aromatic carbocycles. The number of hydrogen-bond donors (Lipinski definition) is 2. The predicted octanol–water partition coefficient (Wildman–Crippen LogP) is -0.0659. The highest BCUT2D eigenvalue weighted by Crippen LogP contribution is 2.13. The molecule has 1 unspecified atom stereocenters. The van der Waals surface area contributed by atoms with Gasteiger partial charge in [0.15, 0.2) is 0 Å². The molecule has 0 saturated carbocycles. The molecule has 4 nitrogen and oxygen atoms in total. The van der Waals surface area contributed by atoms with Crippen LogP contribution in [0.15, 0.2) is 0 Å². The zero-order chi connectivity index (χ0) is 10.6. The van der Waals surface area contributed by atoms with Crippen molar-refractivity contribution < 1.29 is 4.79 Å². The molecule has 0 aromatic heterocycles. The summed E-state index contributed by atoms with van der Waals surface area (Å²) in [6.07, 6.45) is 2.17. The van der Waals surface area contributed by atoms with Gasteiger partial charge in [0.25, 0.3) is 0 Å². The maximum absolute atomic E-state index is 11.2. The Hall–Kier alpha value is -0.610. The lowest BCUT2D eigenvalue weighted by atomic mass is 10.0. The fourth-order valence-electron chi connectivity index (χ4n) is 2.18. The largest absolute Gasteiger partial charge is 0.368 e. The number of hydrogen-bond acceptors (Lipinski definition) is 3. The number of piperazine rings is 1. The number of nitrogens with one attached hydrogen (secondary N) is 1. The third-order valence-corrected chi connectivity index (χ3v) is 3.02. The quantitative estimate of drug-likeness (QED) is 0.666. The average Bonchev–Trinajstić information content (AvgIpc) is 2.20. The summed E-state index contributed by atoms with van der Waals surface area (Å²) in [5.74, 6) is -0.205. The molecule has 1 atom stereocenters. The first-order chi connectivity index (χ1) is 6.70. The second kappa shape index (κ2) is 5.32. The van der Waals surface area contributed by atoms with Crippen LogP contribution < -0.4 is 11.1 Å². The minimum atomic E-state index is -0.205. The molecular formula is C10H21N3O. The average molecular weight is 199 g/mol. The fraction of sp³-hybridized carbons (Fsp3) is 0.900. The molecule has 0 radical (unpaired) electrons. The van der Waals surface area contributed by atoms with Gasteiger partial charge < -0.3 is 11.1 Å². The Bertz CT molecular complexity index is 192. The fourth-order valence-corrected chi connectivity index (χ4v) is 2.18. The van der Waals surface area contributed by atoms with E-state index in [9.17, 15) is 4.79 Å². The maximum atomic E-state index is 11.2. The normalized spacial score (nSPS) is 24.1. The van der Waals surface area contributed by atoms with Crippen LogP contribution in [0, 0.1) is 0 Å². The summed E-state index contributed by atoms with van der Waals surface area (Å²) in [5.41, 5.74) is 5.38. The predicted molar refractivity (Wildman–Crippen MR) is 56.9 cm³/mol. The molecule has 0 bridgehead atoms. The SMILES string of the molecule is CCC(CC)N1CCNCC1C(N)=O. The topological polar surface area (TPSA) is 58.4 Å². The third-order valence-electron chi connectivity index (χ3n) is 3.02. The molecule has 1 aliphatic heterocycles. The lowest BCUT2D eigenvalue weighted by Crippen LogP contribution is -2.59. The number of carbonyl (C=O) groups is 1. The van der Waals surface area contributed by atoms with Crippen LogP contribution in [-0.4, -0.2) is 42.5 Å². The van der Waals surface area contributed by atoms with Crippen molar-refractivity contribution in [3.63, 3.8) is 0 Å². The van der Waals surface area contributed by atoms with Crippen LogP contribution in [0.4, 0.5) is 0 Å². The van der Waals surface area contributed by atoms with Crippen molar-refractivity contribution in [3.8, 4) is 0 Å². The van der Waals surface area contributed by atoms with Gasteiger partial charge in [-0.3, -0.25) is 9.69 Å². The molecule has 4 heteroatoms. The van der Waals surface area contributed by atoms with Crippen molar-refractivity contribution in [3.05, 3.63) is 0 Å². The highest BCUT2D eigenvalue weighted by atomic mass is 16.1. The summed E-state index contributed by atoms with van der Waals surface area (Å²) >= 11 is 0. The summed E-state index contributed by atoms with van der Waals surface area (Å²) in [6, 6.07) is 0.378. The Morgan fingerprint density at radius 3 is 2.71 bits per heavy atom. The van der Waals surface area contributed by atoms with E-state index in [1.54, 1.807) is 0 Å². The standard InChI is InChI=1S/C10H21N3O/c1-3-8(4-2)13-6-5-12-7-9(13)10(11)14/h8-9,12H,3-7H2,1-2H3,(H2,11,14). The van der Waals surface area contributed by atoms with Crippen LogP contribution in [0.1, 0.15) is 26.7 Å². The first-order valence-electron chi connectivity index (χ1n) is 5.46. The molecule has 1 amide bonds. The van der Waals surface area contributed by atoms with Gasteiger partial charge in [-0.1, -0.05) is 13.8 Å². The first-order valence-corrected chi connectivity index (χ1v) is 5.46. The zero-order valence-electron chi connectivity index (χ0n) is 9.12. The number of primary amides is 1. The summed E-state index contributed by atoms with van der Waals surface area (Å²) < 4.78 is 0. The number of nitrogens with two attached hydrogens (primary N) is 1. The van der Waals surface area contributed by atoms with Crippen molar-refractivity contribution in [2.75, 3.05) is 19.6 Å². The van der Waals surface area contributed by atoms with Crippen LogP contribution in [-0.2, 0) is 4.79 Å². The minimum absolute atomic E-state index is 0.117. The van der Waals surface area contributed by atoms with Crippen molar-refractivity contribution in [1.29, 1.82) is 0 Å². The van der Waals surface area contributed by atoms with Crippen molar-refractivity contribution in [2.45, 2.75) is 38.8 Å². The lowest BCUT2D eigenvalue weighted by Gasteiger charge is -2.39. The first kappa shape index (κ1) is 11.5. The van der Waals surface area contributed by atoms with E-state index in [-0.39, 0.29) is 11.9 Å². The van der Waals surface area contributed by atoms with Gasteiger partial charge in [0.1, 0.15) is 6.04 Å². The van der Waals surface area contributed by atoms with E-state index >= 15 is 0 Å². The lowest BCUT2D eigenvalue weighted by molar-refractivity contribution is -0.125. The number of rotatable bonds is 4. The van der Waals surface area contributed by atoms with Gasteiger partial charge in [-0.2, -0.15) is 0 Å². The molecule has 0 aromatic rings. The summed E-state index contributed by atoms with van der Waals surface area (Å²) in [6.45, 7) is 6.91. The molecule has 1 saturated heterocycles. The van der Waals surface area contributed by atoms with Crippen LogP contribution >= 0.6 is 0 Å². The zero-order valence-corrected chi connectivity index (χ0v) is 9.12. The van der Waals surface area contributed by atoms with Gasteiger partial charge in [-0.05, 0) is 12.8 Å². The van der Waals surface area contributed by atoms with Crippen molar-refractivity contribution in [1.82, 2.24) is 10.2 Å². The van der Waals surface area contributed by atoms with Crippen LogP contribution in [0.3, 0.4) is 0 Å². The molecular weight excluding hydrogens is 178 g/mol. The monoisotopic (exact) mass is 199 g/mol. The Balaban J connectivity index is 2.65. The molecule has 1 rings (SSSR count). The van der Waals surface area contributed by atoms with Crippen LogP contribution in [0.25, 0.3) is 0 Å². The second-order valence-electron chi connectivity index (χ2n) is 3.83. The molecule has 1 heterocycles. The van der Waals surface area contributed by atoms with E-state index in [4.69, 9.17) is 5.73 Å². The van der Waals surface area contributed by atoms with Crippen LogP contribution in [0.5, 0.6) is 0 Å². The Labute approximate surface area is 85.8 Å². The molecule has 1 fully saturated rings. The molecule has 82 valence electrons. The second-order valence-corrected chi connectivity index (χ2v) is 3.83. The molecule has 14 heavy (non-hydrogen) atoms. The summed E-state index contributed by atoms with van der Waals surface area (Å²) in [4.78, 5) is 13.5. The number of nitrogens with zero attached hydrogens (tertiary/aromatic N) is 1. The van der Waals surface area contributed by atoms with Gasteiger partial charge >= 0.3 is 0 Å². The Kier molecular flexibility index (Phi) is 4.35. The van der Waals surface area contributed by atoms with E-state index in [2.05, 4.69) is 24.1 Å². The van der Waals surface area contributed by atoms with Gasteiger partial charge in [0.05, 0.1) is 0 Å². The van der Waals surface area contributed by atoms with E-state index in [1.807, 2.05) is 0 Å². The molecule has 0 aliphatic carbocycles. The summed E-state index contributed by atoms with van der Waals surface area (Å²) in [7, 11) is 0. The van der Waals surface area contributed by atoms with E-state index in [0.717, 1.165) is 25.9 Å². The van der Waals surface area contributed by atoms with Gasteiger partial charge in [-0.15, -0.1) is 0 Å². The minimum Gasteiger partial charge on any atom is -0.368 e. The summed E-state index contributed by atoms with van der Waals surface area (Å²) in [5, 5.41) is 3.21.